The molecule has 1 aromatic rings. The summed E-state index contributed by atoms with van der Waals surface area (Å²) in [6.45, 7) is 6.48. The first kappa shape index (κ1) is 12.8. The maximum absolute atomic E-state index is 6.07. The van der Waals surface area contributed by atoms with Crippen molar-refractivity contribution < 1.29 is 9.47 Å². The number of rotatable bonds is 3. The van der Waals surface area contributed by atoms with Crippen molar-refractivity contribution in [3.05, 3.63) is 23.3 Å². The van der Waals surface area contributed by atoms with Crippen LogP contribution in [-0.2, 0) is 5.41 Å². The highest BCUT2D eigenvalue weighted by Gasteiger charge is 2.40. The van der Waals surface area contributed by atoms with Crippen molar-refractivity contribution in [2.75, 3.05) is 19.8 Å². The minimum absolute atomic E-state index is 0.176. The quantitative estimate of drug-likeness (QED) is 0.909. The molecule has 3 rings (SSSR count). The van der Waals surface area contributed by atoms with E-state index in [0.29, 0.717) is 19.1 Å². The molecule has 2 N–H and O–H groups in total. The first-order valence-electron chi connectivity index (χ1n) is 7.30. The Morgan fingerprint density at radius 2 is 1.79 bits per heavy atom. The van der Waals surface area contributed by atoms with E-state index in [2.05, 4.69) is 26.0 Å². The molecule has 0 saturated heterocycles. The zero-order chi connectivity index (χ0) is 13.5. The third-order valence-electron chi connectivity index (χ3n) is 4.61. The van der Waals surface area contributed by atoms with Gasteiger partial charge in [-0.15, -0.1) is 0 Å². The molecule has 1 saturated carbocycles. The Kier molecular flexibility index (Phi) is 3.17. The van der Waals surface area contributed by atoms with Crippen LogP contribution >= 0.6 is 0 Å². The van der Waals surface area contributed by atoms with E-state index in [-0.39, 0.29) is 5.41 Å². The van der Waals surface area contributed by atoms with Gasteiger partial charge in [-0.05, 0) is 42.0 Å². The summed E-state index contributed by atoms with van der Waals surface area (Å²) in [5, 5.41) is 0. The van der Waals surface area contributed by atoms with Crippen molar-refractivity contribution in [3.63, 3.8) is 0 Å². The Hall–Kier alpha value is -1.22. The molecule has 0 atom stereocenters. The monoisotopic (exact) mass is 261 g/mol. The average Bonchev–Trinajstić information content (AvgIpc) is 2.37. The van der Waals surface area contributed by atoms with Crippen molar-refractivity contribution in [2.24, 2.45) is 5.73 Å². The molecule has 1 aromatic carbocycles. The SMILES string of the molecule is CC(C)c1cc2c(cc1C1(CN)CCC1)OCCO2. The summed E-state index contributed by atoms with van der Waals surface area (Å²) in [5.41, 5.74) is 9.01. The van der Waals surface area contributed by atoms with E-state index in [0.717, 1.165) is 18.0 Å². The zero-order valence-electron chi connectivity index (χ0n) is 11.9. The lowest BCUT2D eigenvalue weighted by atomic mass is 9.62. The van der Waals surface area contributed by atoms with Crippen molar-refractivity contribution >= 4 is 0 Å². The zero-order valence-corrected chi connectivity index (χ0v) is 11.9. The maximum atomic E-state index is 6.07. The van der Waals surface area contributed by atoms with E-state index in [1.807, 2.05) is 0 Å². The highest BCUT2D eigenvalue weighted by molar-refractivity contribution is 5.52. The van der Waals surface area contributed by atoms with E-state index in [1.165, 1.54) is 30.4 Å². The third kappa shape index (κ3) is 2.00. The molecular formula is C16H23NO2. The normalized spacial score (nSPS) is 20.2. The van der Waals surface area contributed by atoms with Gasteiger partial charge in [-0.3, -0.25) is 0 Å². The molecule has 1 fully saturated rings. The third-order valence-corrected chi connectivity index (χ3v) is 4.61. The molecule has 0 amide bonds. The molecule has 0 bridgehead atoms. The molecule has 1 heterocycles. The van der Waals surface area contributed by atoms with E-state index in [1.54, 1.807) is 0 Å². The first-order chi connectivity index (χ1) is 9.16. The Morgan fingerprint density at radius 3 is 2.26 bits per heavy atom. The summed E-state index contributed by atoms with van der Waals surface area (Å²) >= 11 is 0. The van der Waals surface area contributed by atoms with Crippen LogP contribution in [0.15, 0.2) is 12.1 Å². The molecule has 1 aliphatic carbocycles. The van der Waals surface area contributed by atoms with Crippen LogP contribution in [0.5, 0.6) is 11.5 Å². The largest absolute Gasteiger partial charge is 0.486 e. The molecule has 3 heteroatoms. The fourth-order valence-electron chi connectivity index (χ4n) is 3.23. The van der Waals surface area contributed by atoms with Crippen LogP contribution in [0, 0.1) is 0 Å². The van der Waals surface area contributed by atoms with E-state index >= 15 is 0 Å². The summed E-state index contributed by atoms with van der Waals surface area (Å²) in [6, 6.07) is 4.36. The molecule has 0 aromatic heterocycles. The number of ether oxygens (including phenoxy) is 2. The minimum Gasteiger partial charge on any atom is -0.486 e. The minimum atomic E-state index is 0.176. The Morgan fingerprint density at radius 1 is 1.16 bits per heavy atom. The van der Waals surface area contributed by atoms with Crippen LogP contribution in [0.4, 0.5) is 0 Å². The Bertz CT molecular complexity index is 472. The van der Waals surface area contributed by atoms with Gasteiger partial charge in [0.1, 0.15) is 13.2 Å². The number of benzene rings is 1. The predicted molar refractivity (Wildman–Crippen MR) is 76.1 cm³/mol. The molecule has 1 aliphatic heterocycles. The van der Waals surface area contributed by atoms with Gasteiger partial charge in [0.15, 0.2) is 11.5 Å². The first-order valence-corrected chi connectivity index (χ1v) is 7.30. The fourth-order valence-corrected chi connectivity index (χ4v) is 3.23. The van der Waals surface area contributed by atoms with Crippen LogP contribution in [0.2, 0.25) is 0 Å². The number of fused-ring (bicyclic) bond motifs is 1. The van der Waals surface area contributed by atoms with Crippen LogP contribution < -0.4 is 15.2 Å². The van der Waals surface area contributed by atoms with Gasteiger partial charge in [-0.1, -0.05) is 20.3 Å². The summed E-state index contributed by atoms with van der Waals surface area (Å²) in [4.78, 5) is 0. The van der Waals surface area contributed by atoms with Crippen LogP contribution in [0.25, 0.3) is 0 Å². The van der Waals surface area contributed by atoms with E-state index in [4.69, 9.17) is 15.2 Å². The van der Waals surface area contributed by atoms with E-state index < -0.39 is 0 Å². The summed E-state index contributed by atoms with van der Waals surface area (Å²) in [5.74, 6) is 2.27. The average molecular weight is 261 g/mol. The highest BCUT2D eigenvalue weighted by atomic mass is 16.6. The Balaban J connectivity index is 2.10. The van der Waals surface area contributed by atoms with Crippen molar-refractivity contribution in [1.29, 1.82) is 0 Å². The van der Waals surface area contributed by atoms with Gasteiger partial charge in [0, 0.05) is 12.0 Å². The van der Waals surface area contributed by atoms with E-state index in [9.17, 15) is 0 Å². The van der Waals surface area contributed by atoms with Crippen LogP contribution in [-0.4, -0.2) is 19.8 Å². The van der Waals surface area contributed by atoms with Gasteiger partial charge in [0.25, 0.3) is 0 Å². The summed E-state index contributed by atoms with van der Waals surface area (Å²) < 4.78 is 11.5. The predicted octanol–water partition coefficient (Wildman–Crippen LogP) is 2.96. The molecule has 0 spiro atoms. The summed E-state index contributed by atoms with van der Waals surface area (Å²) in [7, 11) is 0. The van der Waals surface area contributed by atoms with Gasteiger partial charge in [0.05, 0.1) is 0 Å². The van der Waals surface area contributed by atoms with Gasteiger partial charge in [-0.25, -0.2) is 0 Å². The van der Waals surface area contributed by atoms with Crippen molar-refractivity contribution in [2.45, 2.75) is 44.4 Å². The van der Waals surface area contributed by atoms with Gasteiger partial charge >= 0.3 is 0 Å². The smallest absolute Gasteiger partial charge is 0.161 e. The maximum Gasteiger partial charge on any atom is 0.161 e. The number of nitrogens with two attached hydrogens (primary N) is 1. The van der Waals surface area contributed by atoms with Crippen molar-refractivity contribution in [3.8, 4) is 11.5 Å². The molecular weight excluding hydrogens is 238 g/mol. The molecule has 3 nitrogen and oxygen atoms in total. The molecule has 0 unspecified atom stereocenters. The second-order valence-electron chi connectivity index (χ2n) is 6.08. The second-order valence-corrected chi connectivity index (χ2v) is 6.08. The van der Waals surface area contributed by atoms with Gasteiger partial charge in [0.2, 0.25) is 0 Å². The molecule has 0 radical (unpaired) electrons. The van der Waals surface area contributed by atoms with Crippen LogP contribution in [0.3, 0.4) is 0 Å². The fraction of sp³-hybridized carbons (Fsp3) is 0.625. The highest BCUT2D eigenvalue weighted by Crippen LogP contribution is 2.48. The second kappa shape index (κ2) is 4.71. The lowest BCUT2D eigenvalue weighted by Gasteiger charge is -2.43. The molecule has 19 heavy (non-hydrogen) atoms. The Labute approximate surface area is 115 Å². The standard InChI is InChI=1S/C16H23NO2/c1-11(2)12-8-14-15(19-7-6-18-14)9-13(12)16(10-17)4-3-5-16/h8-9,11H,3-7,10,17H2,1-2H3. The van der Waals surface area contributed by atoms with Gasteiger partial charge in [-0.2, -0.15) is 0 Å². The lowest BCUT2D eigenvalue weighted by molar-refractivity contribution is 0.169. The topological polar surface area (TPSA) is 44.5 Å². The molecule has 104 valence electrons. The lowest BCUT2D eigenvalue weighted by Crippen LogP contribution is -2.42. The van der Waals surface area contributed by atoms with Gasteiger partial charge < -0.3 is 15.2 Å². The number of hydrogen-bond acceptors (Lipinski definition) is 3. The number of hydrogen-bond donors (Lipinski definition) is 1. The van der Waals surface area contributed by atoms with Crippen LogP contribution in [0.1, 0.15) is 50.2 Å². The summed E-state index contributed by atoms with van der Waals surface area (Å²) in [6.07, 6.45) is 3.68. The van der Waals surface area contributed by atoms with Crippen molar-refractivity contribution in [1.82, 2.24) is 0 Å². The molecule has 2 aliphatic rings.